The van der Waals surface area contributed by atoms with E-state index < -0.39 is 0 Å². The van der Waals surface area contributed by atoms with Gasteiger partial charge in [-0.1, -0.05) is 6.92 Å². The van der Waals surface area contributed by atoms with Gasteiger partial charge in [0.1, 0.15) is 6.26 Å². The van der Waals surface area contributed by atoms with Crippen molar-refractivity contribution in [2.75, 3.05) is 45.7 Å². The molecule has 1 N–H and O–H groups in total. The summed E-state index contributed by atoms with van der Waals surface area (Å²) in [6, 6.07) is 0.735. The molecule has 0 amide bonds. The molecule has 0 saturated heterocycles. The molecule has 0 aliphatic carbocycles. The highest BCUT2D eigenvalue weighted by molar-refractivity contribution is 5.26. The van der Waals surface area contributed by atoms with Gasteiger partial charge in [0.15, 0.2) is 0 Å². The third-order valence-corrected chi connectivity index (χ3v) is 2.48. The third kappa shape index (κ3) is 4.75. The zero-order chi connectivity index (χ0) is 12.7. The Bertz CT molecular complexity index is 311. The highest BCUT2D eigenvalue weighted by atomic mass is 16.4. The molecule has 1 rings (SSSR count). The summed E-state index contributed by atoms with van der Waals surface area (Å²) in [5, 5.41) is 3.07. The van der Waals surface area contributed by atoms with Crippen LogP contribution in [0.3, 0.4) is 0 Å². The molecule has 0 fully saturated rings. The zero-order valence-electron chi connectivity index (χ0n) is 11.4. The molecule has 0 aromatic carbocycles. The maximum Gasteiger partial charge on any atom is 0.297 e. The van der Waals surface area contributed by atoms with Gasteiger partial charge in [-0.15, -0.1) is 0 Å². The number of hydrogen-bond acceptors (Lipinski definition) is 5. The van der Waals surface area contributed by atoms with E-state index >= 15 is 0 Å². The molecule has 0 unspecified atom stereocenters. The molecule has 0 aliphatic heterocycles. The number of nitrogens with one attached hydrogen (secondary N) is 1. The van der Waals surface area contributed by atoms with Crippen LogP contribution in [0.2, 0.25) is 0 Å². The topological polar surface area (TPSA) is 44.5 Å². The van der Waals surface area contributed by atoms with Gasteiger partial charge in [-0.25, -0.2) is 0 Å². The SMILES string of the molecule is CCCN(CCN(C)C)c1nc(CNC)co1. The fourth-order valence-electron chi connectivity index (χ4n) is 1.60. The van der Waals surface area contributed by atoms with Crippen molar-refractivity contribution < 1.29 is 4.42 Å². The van der Waals surface area contributed by atoms with Crippen molar-refractivity contribution in [1.82, 2.24) is 15.2 Å². The second kappa shape index (κ2) is 7.29. The molecule has 0 atom stereocenters. The molecule has 0 aliphatic rings. The van der Waals surface area contributed by atoms with Crippen LogP contribution >= 0.6 is 0 Å². The zero-order valence-corrected chi connectivity index (χ0v) is 11.4. The van der Waals surface area contributed by atoms with Crippen LogP contribution in [0.4, 0.5) is 6.01 Å². The molecular formula is C12H24N4O. The second-order valence-electron chi connectivity index (χ2n) is 4.44. The summed E-state index contributed by atoms with van der Waals surface area (Å²) >= 11 is 0. The number of nitrogens with zero attached hydrogens (tertiary/aromatic N) is 3. The Morgan fingerprint density at radius 1 is 1.29 bits per heavy atom. The summed E-state index contributed by atoms with van der Waals surface area (Å²) in [7, 11) is 6.06. The Balaban J connectivity index is 2.60. The Morgan fingerprint density at radius 2 is 2.06 bits per heavy atom. The van der Waals surface area contributed by atoms with E-state index in [1.807, 2.05) is 7.05 Å². The Kier molecular flexibility index (Phi) is 6.00. The fourth-order valence-corrected chi connectivity index (χ4v) is 1.60. The van der Waals surface area contributed by atoms with Crippen molar-refractivity contribution in [1.29, 1.82) is 0 Å². The lowest BCUT2D eigenvalue weighted by Crippen LogP contribution is -2.32. The molecule has 0 radical (unpaired) electrons. The summed E-state index contributed by atoms with van der Waals surface area (Å²) in [6.45, 7) is 5.84. The summed E-state index contributed by atoms with van der Waals surface area (Å²) in [5.74, 6) is 0. The third-order valence-electron chi connectivity index (χ3n) is 2.48. The Hall–Kier alpha value is -1.07. The quantitative estimate of drug-likeness (QED) is 0.739. The predicted molar refractivity (Wildman–Crippen MR) is 70.3 cm³/mol. The summed E-state index contributed by atoms with van der Waals surface area (Å²) in [4.78, 5) is 8.84. The van der Waals surface area contributed by atoms with Gasteiger partial charge in [0.05, 0.1) is 5.69 Å². The van der Waals surface area contributed by atoms with Gasteiger partial charge in [-0.3, -0.25) is 0 Å². The van der Waals surface area contributed by atoms with Crippen molar-refractivity contribution in [3.8, 4) is 0 Å². The van der Waals surface area contributed by atoms with Crippen LogP contribution < -0.4 is 10.2 Å². The van der Waals surface area contributed by atoms with Crippen LogP contribution in [0.1, 0.15) is 19.0 Å². The van der Waals surface area contributed by atoms with E-state index in [0.29, 0.717) is 0 Å². The molecule has 5 nitrogen and oxygen atoms in total. The molecule has 5 heteroatoms. The molecule has 98 valence electrons. The molecule has 1 heterocycles. The van der Waals surface area contributed by atoms with Gasteiger partial charge >= 0.3 is 0 Å². The molecule has 0 spiro atoms. The maximum absolute atomic E-state index is 5.52. The molecule has 1 aromatic rings. The van der Waals surface area contributed by atoms with E-state index in [1.54, 1.807) is 6.26 Å². The highest BCUT2D eigenvalue weighted by Crippen LogP contribution is 2.13. The number of likely N-dealkylation sites (N-methyl/N-ethyl adjacent to an activating group) is 1. The van der Waals surface area contributed by atoms with Crippen LogP contribution in [-0.4, -0.2) is 50.7 Å². The molecule has 1 aromatic heterocycles. The van der Waals surface area contributed by atoms with Crippen LogP contribution in [0.5, 0.6) is 0 Å². The van der Waals surface area contributed by atoms with E-state index in [4.69, 9.17) is 4.42 Å². The van der Waals surface area contributed by atoms with Crippen molar-refractivity contribution in [2.45, 2.75) is 19.9 Å². The molecular weight excluding hydrogens is 216 g/mol. The van der Waals surface area contributed by atoms with Crippen LogP contribution in [-0.2, 0) is 6.54 Å². The first-order chi connectivity index (χ1) is 8.17. The smallest absolute Gasteiger partial charge is 0.297 e. The van der Waals surface area contributed by atoms with E-state index in [-0.39, 0.29) is 0 Å². The average Bonchev–Trinajstić information content (AvgIpc) is 2.73. The minimum absolute atomic E-state index is 0.735. The highest BCUT2D eigenvalue weighted by Gasteiger charge is 2.12. The van der Waals surface area contributed by atoms with Gasteiger partial charge in [-0.2, -0.15) is 4.98 Å². The number of anilines is 1. The normalized spacial score (nSPS) is 11.1. The van der Waals surface area contributed by atoms with Crippen molar-refractivity contribution >= 4 is 6.01 Å². The summed E-state index contributed by atoms with van der Waals surface area (Å²) in [5.41, 5.74) is 0.952. The average molecular weight is 240 g/mol. The first kappa shape index (κ1) is 14.0. The van der Waals surface area contributed by atoms with Crippen molar-refractivity contribution in [2.24, 2.45) is 0 Å². The standard InChI is InChI=1S/C12H24N4O/c1-5-6-16(8-7-15(3)4)12-14-11(9-13-2)10-17-12/h10,13H,5-9H2,1-4H3. The van der Waals surface area contributed by atoms with Gasteiger partial charge in [0.25, 0.3) is 6.01 Å². The lowest BCUT2D eigenvalue weighted by Gasteiger charge is -2.21. The summed E-state index contributed by atoms with van der Waals surface area (Å²) in [6.07, 6.45) is 2.82. The largest absolute Gasteiger partial charge is 0.432 e. The number of oxazole rings is 1. The first-order valence-corrected chi connectivity index (χ1v) is 6.16. The van der Waals surface area contributed by atoms with E-state index in [2.05, 4.69) is 41.1 Å². The Labute approximate surface area is 104 Å². The van der Waals surface area contributed by atoms with Crippen molar-refractivity contribution in [3.05, 3.63) is 12.0 Å². The lowest BCUT2D eigenvalue weighted by molar-refractivity contribution is 0.405. The maximum atomic E-state index is 5.52. The minimum atomic E-state index is 0.735. The monoisotopic (exact) mass is 240 g/mol. The van der Waals surface area contributed by atoms with Crippen molar-refractivity contribution in [3.63, 3.8) is 0 Å². The number of aromatic nitrogens is 1. The van der Waals surface area contributed by atoms with E-state index in [9.17, 15) is 0 Å². The van der Waals surface area contributed by atoms with Crippen LogP contribution in [0, 0.1) is 0 Å². The predicted octanol–water partition coefficient (Wildman–Crippen LogP) is 1.17. The molecule has 17 heavy (non-hydrogen) atoms. The Morgan fingerprint density at radius 3 is 2.65 bits per heavy atom. The lowest BCUT2D eigenvalue weighted by atomic mass is 10.4. The second-order valence-corrected chi connectivity index (χ2v) is 4.44. The van der Waals surface area contributed by atoms with Gasteiger partial charge < -0.3 is 19.5 Å². The fraction of sp³-hybridized carbons (Fsp3) is 0.750. The van der Waals surface area contributed by atoms with Crippen LogP contribution in [0.25, 0.3) is 0 Å². The van der Waals surface area contributed by atoms with Gasteiger partial charge in [0, 0.05) is 26.2 Å². The van der Waals surface area contributed by atoms with Gasteiger partial charge in [-0.05, 0) is 27.6 Å². The minimum Gasteiger partial charge on any atom is -0.432 e. The molecule has 0 bridgehead atoms. The van der Waals surface area contributed by atoms with E-state index in [0.717, 1.165) is 44.3 Å². The van der Waals surface area contributed by atoms with Crippen LogP contribution in [0.15, 0.2) is 10.7 Å². The molecule has 0 saturated carbocycles. The first-order valence-electron chi connectivity index (χ1n) is 6.16. The van der Waals surface area contributed by atoms with Gasteiger partial charge in [0.2, 0.25) is 0 Å². The summed E-state index contributed by atoms with van der Waals surface area (Å²) < 4.78 is 5.52. The number of rotatable bonds is 8. The number of hydrogen-bond donors (Lipinski definition) is 1. The van der Waals surface area contributed by atoms with E-state index in [1.165, 1.54) is 0 Å².